The van der Waals surface area contributed by atoms with Crippen LogP contribution in [0.15, 0.2) is 39.5 Å². The predicted molar refractivity (Wildman–Crippen MR) is 89.6 cm³/mol. The molecule has 2 unspecified atom stereocenters. The van der Waals surface area contributed by atoms with Crippen LogP contribution in [0.2, 0.25) is 0 Å². The fourth-order valence-electron chi connectivity index (χ4n) is 3.37. The van der Waals surface area contributed by atoms with Crippen molar-refractivity contribution in [2.24, 2.45) is 5.92 Å². The highest BCUT2D eigenvalue weighted by Gasteiger charge is 2.36. The van der Waals surface area contributed by atoms with Gasteiger partial charge in [-0.25, -0.2) is 0 Å². The Morgan fingerprint density at radius 3 is 2.70 bits per heavy atom. The molecule has 1 aliphatic rings. The van der Waals surface area contributed by atoms with Gasteiger partial charge in [0, 0.05) is 25.2 Å². The molecular formula is C18H22N2O3. The van der Waals surface area contributed by atoms with Crippen molar-refractivity contribution < 1.29 is 9.21 Å². The third-order valence-corrected chi connectivity index (χ3v) is 4.73. The minimum atomic E-state index is -0.198. The van der Waals surface area contributed by atoms with E-state index in [0.717, 1.165) is 6.42 Å². The average Bonchev–Trinajstić information content (AvgIpc) is 2.98. The normalized spacial score (nSPS) is 21.3. The molecule has 2 aromatic rings. The summed E-state index contributed by atoms with van der Waals surface area (Å²) in [6.45, 7) is 3.51. The SMILES string of the molecule is CCC1CN(C(=O)c2cc(=O)c3ccccc3o2)CC1N(C)C. The maximum Gasteiger partial charge on any atom is 0.289 e. The fourth-order valence-corrected chi connectivity index (χ4v) is 3.37. The zero-order valence-corrected chi connectivity index (χ0v) is 13.8. The highest BCUT2D eigenvalue weighted by Crippen LogP contribution is 2.25. The zero-order valence-electron chi connectivity index (χ0n) is 13.8. The molecule has 2 atom stereocenters. The van der Waals surface area contributed by atoms with Crippen LogP contribution in [0.1, 0.15) is 23.9 Å². The quantitative estimate of drug-likeness (QED) is 0.871. The number of amides is 1. The number of nitrogens with zero attached hydrogens (tertiary/aromatic N) is 2. The molecule has 0 aliphatic carbocycles. The van der Waals surface area contributed by atoms with Gasteiger partial charge in [0.15, 0.2) is 11.2 Å². The van der Waals surface area contributed by atoms with Gasteiger partial charge in [-0.15, -0.1) is 0 Å². The number of fused-ring (bicyclic) bond motifs is 1. The summed E-state index contributed by atoms with van der Waals surface area (Å²) in [5.74, 6) is 0.375. The van der Waals surface area contributed by atoms with Gasteiger partial charge >= 0.3 is 0 Å². The van der Waals surface area contributed by atoms with E-state index in [1.165, 1.54) is 6.07 Å². The van der Waals surface area contributed by atoms with Crippen LogP contribution >= 0.6 is 0 Å². The summed E-state index contributed by atoms with van der Waals surface area (Å²) in [7, 11) is 4.08. The van der Waals surface area contributed by atoms with Crippen molar-refractivity contribution in [3.05, 3.63) is 46.3 Å². The van der Waals surface area contributed by atoms with Crippen molar-refractivity contribution >= 4 is 16.9 Å². The molecule has 23 heavy (non-hydrogen) atoms. The van der Waals surface area contributed by atoms with E-state index in [2.05, 4.69) is 11.8 Å². The molecule has 122 valence electrons. The van der Waals surface area contributed by atoms with Crippen molar-refractivity contribution in [3.63, 3.8) is 0 Å². The van der Waals surface area contributed by atoms with Crippen LogP contribution in [0.3, 0.4) is 0 Å². The maximum atomic E-state index is 12.7. The molecule has 5 nitrogen and oxygen atoms in total. The summed E-state index contributed by atoms with van der Waals surface area (Å²) in [5, 5.41) is 0.503. The van der Waals surface area contributed by atoms with E-state index in [4.69, 9.17) is 4.42 Å². The molecule has 0 N–H and O–H groups in total. The number of rotatable bonds is 3. The van der Waals surface area contributed by atoms with E-state index in [9.17, 15) is 9.59 Å². The van der Waals surface area contributed by atoms with Crippen LogP contribution in [0, 0.1) is 5.92 Å². The number of carbonyl (C=O) groups is 1. The lowest BCUT2D eigenvalue weighted by molar-refractivity contribution is 0.0750. The first-order valence-electron chi connectivity index (χ1n) is 8.00. The molecule has 1 aliphatic heterocycles. The number of carbonyl (C=O) groups excluding carboxylic acids is 1. The predicted octanol–water partition coefficient (Wildman–Crippen LogP) is 2.21. The lowest BCUT2D eigenvalue weighted by atomic mass is 10.0. The van der Waals surface area contributed by atoms with Crippen LogP contribution in [0.4, 0.5) is 0 Å². The van der Waals surface area contributed by atoms with Crippen LogP contribution in [0.5, 0.6) is 0 Å². The van der Waals surface area contributed by atoms with E-state index in [0.29, 0.717) is 36.0 Å². The van der Waals surface area contributed by atoms with Gasteiger partial charge < -0.3 is 14.2 Å². The third-order valence-electron chi connectivity index (χ3n) is 4.73. The van der Waals surface area contributed by atoms with E-state index in [1.54, 1.807) is 29.2 Å². The van der Waals surface area contributed by atoms with Crippen LogP contribution in [-0.2, 0) is 0 Å². The summed E-state index contributed by atoms with van der Waals surface area (Å²) in [6, 6.07) is 8.67. The number of hydrogen-bond donors (Lipinski definition) is 0. The molecule has 1 aromatic carbocycles. The van der Waals surface area contributed by atoms with Crippen molar-refractivity contribution in [3.8, 4) is 0 Å². The summed E-state index contributed by atoms with van der Waals surface area (Å²) in [6.07, 6.45) is 1.02. The van der Waals surface area contributed by atoms with Crippen molar-refractivity contribution in [2.75, 3.05) is 27.2 Å². The molecule has 1 amide bonds. The Labute approximate surface area is 135 Å². The van der Waals surface area contributed by atoms with Crippen molar-refractivity contribution in [2.45, 2.75) is 19.4 Å². The van der Waals surface area contributed by atoms with Gasteiger partial charge in [0.05, 0.1) is 5.39 Å². The second-order valence-corrected chi connectivity index (χ2v) is 6.38. The Balaban J connectivity index is 1.91. The van der Waals surface area contributed by atoms with Crippen LogP contribution in [-0.4, -0.2) is 48.9 Å². The molecular weight excluding hydrogens is 292 g/mol. The second-order valence-electron chi connectivity index (χ2n) is 6.38. The highest BCUT2D eigenvalue weighted by atomic mass is 16.3. The molecule has 0 saturated carbocycles. The maximum absolute atomic E-state index is 12.7. The molecule has 2 heterocycles. The minimum Gasteiger partial charge on any atom is -0.451 e. The van der Waals surface area contributed by atoms with E-state index < -0.39 is 0 Å². The van der Waals surface area contributed by atoms with Crippen molar-refractivity contribution in [1.82, 2.24) is 9.80 Å². The van der Waals surface area contributed by atoms with Gasteiger partial charge in [-0.2, -0.15) is 0 Å². The monoisotopic (exact) mass is 314 g/mol. The Morgan fingerprint density at radius 2 is 2.04 bits per heavy atom. The molecule has 0 spiro atoms. The molecule has 0 bridgehead atoms. The largest absolute Gasteiger partial charge is 0.451 e. The van der Waals surface area contributed by atoms with Gasteiger partial charge in [0.2, 0.25) is 0 Å². The third kappa shape index (κ3) is 2.88. The number of likely N-dealkylation sites (tertiary alicyclic amines) is 1. The highest BCUT2D eigenvalue weighted by molar-refractivity contribution is 5.93. The molecule has 0 radical (unpaired) electrons. The van der Waals surface area contributed by atoms with Crippen molar-refractivity contribution in [1.29, 1.82) is 0 Å². The topological polar surface area (TPSA) is 53.8 Å². The number of benzene rings is 1. The Morgan fingerprint density at radius 1 is 1.30 bits per heavy atom. The average molecular weight is 314 g/mol. The first-order chi connectivity index (χ1) is 11.0. The molecule has 1 aromatic heterocycles. The minimum absolute atomic E-state index is 0.128. The molecule has 1 saturated heterocycles. The molecule has 1 fully saturated rings. The van der Waals surface area contributed by atoms with Gasteiger partial charge in [0.25, 0.3) is 5.91 Å². The van der Waals surface area contributed by atoms with Gasteiger partial charge in [-0.3, -0.25) is 9.59 Å². The fraction of sp³-hybridized carbons (Fsp3) is 0.444. The standard InChI is InChI=1S/C18H22N2O3/c1-4-12-10-20(11-14(12)19(2)3)18(22)17-9-15(21)13-7-5-6-8-16(13)23-17/h5-9,12,14H,4,10-11H2,1-3H3. The van der Waals surface area contributed by atoms with Gasteiger partial charge in [0.1, 0.15) is 5.58 Å². The zero-order chi connectivity index (χ0) is 16.6. The molecule has 5 heteroatoms. The Kier molecular flexibility index (Phi) is 4.22. The van der Waals surface area contributed by atoms with E-state index >= 15 is 0 Å². The Bertz CT molecular complexity index is 781. The van der Waals surface area contributed by atoms with Gasteiger partial charge in [-0.1, -0.05) is 25.5 Å². The number of hydrogen-bond acceptors (Lipinski definition) is 4. The number of para-hydroxylation sites is 1. The number of likely N-dealkylation sites (N-methyl/N-ethyl adjacent to an activating group) is 1. The first-order valence-corrected chi connectivity index (χ1v) is 8.00. The summed E-state index contributed by atoms with van der Waals surface area (Å²) >= 11 is 0. The van der Waals surface area contributed by atoms with E-state index in [-0.39, 0.29) is 17.1 Å². The van der Waals surface area contributed by atoms with Crippen LogP contribution in [0.25, 0.3) is 11.0 Å². The summed E-state index contributed by atoms with van der Waals surface area (Å²) in [5.41, 5.74) is 0.282. The second kappa shape index (κ2) is 6.16. The summed E-state index contributed by atoms with van der Waals surface area (Å²) in [4.78, 5) is 28.9. The Hall–Kier alpha value is -2.14. The summed E-state index contributed by atoms with van der Waals surface area (Å²) < 4.78 is 5.68. The van der Waals surface area contributed by atoms with E-state index in [1.807, 2.05) is 14.1 Å². The van der Waals surface area contributed by atoms with Gasteiger partial charge in [-0.05, 0) is 32.1 Å². The lowest BCUT2D eigenvalue weighted by Gasteiger charge is -2.23. The van der Waals surface area contributed by atoms with Crippen LogP contribution < -0.4 is 5.43 Å². The smallest absolute Gasteiger partial charge is 0.289 e. The lowest BCUT2D eigenvalue weighted by Crippen LogP contribution is -2.36. The first kappa shape index (κ1) is 15.7. The molecule has 3 rings (SSSR count).